The van der Waals surface area contributed by atoms with E-state index in [1.165, 1.54) is 17.7 Å². The van der Waals surface area contributed by atoms with Gasteiger partial charge in [-0.1, -0.05) is 20.8 Å². The van der Waals surface area contributed by atoms with Gasteiger partial charge in [-0.3, -0.25) is 0 Å². The Bertz CT molecular complexity index is 534. The third-order valence-electron chi connectivity index (χ3n) is 2.23. The van der Waals surface area contributed by atoms with Crippen LogP contribution in [-0.4, -0.2) is 9.97 Å². The molecule has 0 saturated carbocycles. The van der Waals surface area contributed by atoms with Gasteiger partial charge in [-0.25, -0.2) is 9.97 Å². The number of oxazole rings is 1. The first-order valence-electron chi connectivity index (χ1n) is 5.30. The Balaban J connectivity index is 2.25. The molecule has 0 unspecified atom stereocenters. The number of thiazole rings is 1. The Hall–Kier alpha value is -1.62. The Morgan fingerprint density at radius 2 is 2.12 bits per heavy atom. The van der Waals surface area contributed by atoms with E-state index in [0.717, 1.165) is 17.1 Å². The molecule has 90 valence electrons. The summed E-state index contributed by atoms with van der Waals surface area (Å²) in [7, 11) is 0. The van der Waals surface area contributed by atoms with Gasteiger partial charge in [0.15, 0.2) is 11.5 Å². The number of hydrogen-bond acceptors (Lipinski definition) is 5. The summed E-state index contributed by atoms with van der Waals surface area (Å²) in [5.41, 5.74) is 7.19. The predicted molar refractivity (Wildman–Crippen MR) is 70.7 cm³/mol. The SMILES string of the molecule is CC(C)(C)c1ocnc1C=Cc1csc(N)n1. The van der Waals surface area contributed by atoms with Crippen molar-refractivity contribution >= 4 is 28.6 Å². The van der Waals surface area contributed by atoms with E-state index in [1.807, 2.05) is 17.5 Å². The molecule has 0 radical (unpaired) electrons. The maximum Gasteiger partial charge on any atom is 0.181 e. The molecule has 17 heavy (non-hydrogen) atoms. The van der Waals surface area contributed by atoms with E-state index in [4.69, 9.17) is 10.2 Å². The lowest BCUT2D eigenvalue weighted by Crippen LogP contribution is -2.11. The van der Waals surface area contributed by atoms with Crippen molar-refractivity contribution in [1.82, 2.24) is 9.97 Å². The van der Waals surface area contributed by atoms with Gasteiger partial charge in [0.05, 0.1) is 5.69 Å². The smallest absolute Gasteiger partial charge is 0.181 e. The van der Waals surface area contributed by atoms with E-state index < -0.39 is 0 Å². The molecular weight excluding hydrogens is 234 g/mol. The third kappa shape index (κ3) is 2.74. The van der Waals surface area contributed by atoms with Crippen LogP contribution in [-0.2, 0) is 5.41 Å². The van der Waals surface area contributed by atoms with Crippen LogP contribution < -0.4 is 5.73 Å². The van der Waals surface area contributed by atoms with Gasteiger partial charge < -0.3 is 10.2 Å². The number of aromatic nitrogens is 2. The summed E-state index contributed by atoms with van der Waals surface area (Å²) in [6, 6.07) is 0. The molecule has 0 aliphatic carbocycles. The van der Waals surface area contributed by atoms with Gasteiger partial charge in [-0.2, -0.15) is 0 Å². The van der Waals surface area contributed by atoms with E-state index in [-0.39, 0.29) is 5.41 Å². The van der Waals surface area contributed by atoms with Gasteiger partial charge in [0.2, 0.25) is 0 Å². The number of nitrogens with two attached hydrogens (primary N) is 1. The van der Waals surface area contributed by atoms with Crippen LogP contribution in [0.2, 0.25) is 0 Å². The fourth-order valence-corrected chi connectivity index (χ4v) is 2.01. The van der Waals surface area contributed by atoms with E-state index in [1.54, 1.807) is 0 Å². The lowest BCUT2D eigenvalue weighted by molar-refractivity contribution is 0.407. The lowest BCUT2D eigenvalue weighted by Gasteiger charge is -2.14. The van der Waals surface area contributed by atoms with Gasteiger partial charge >= 0.3 is 0 Å². The van der Waals surface area contributed by atoms with Crippen molar-refractivity contribution in [2.75, 3.05) is 5.73 Å². The first-order chi connectivity index (χ1) is 7.97. The van der Waals surface area contributed by atoms with E-state index in [2.05, 4.69) is 30.7 Å². The summed E-state index contributed by atoms with van der Waals surface area (Å²) in [6.45, 7) is 6.27. The standard InChI is InChI=1S/C12H15N3OS/c1-12(2,3)10-9(14-7-16-10)5-4-8-6-17-11(13)15-8/h4-7H,1-3H3,(H2,13,15). The minimum absolute atomic E-state index is 0.0583. The molecule has 0 atom stereocenters. The molecule has 2 aromatic heterocycles. The second-order valence-corrected chi connectivity index (χ2v) is 5.65. The van der Waals surface area contributed by atoms with Crippen LogP contribution in [0.25, 0.3) is 12.2 Å². The molecule has 2 aromatic rings. The molecule has 0 aromatic carbocycles. The van der Waals surface area contributed by atoms with Crippen LogP contribution in [0.15, 0.2) is 16.2 Å². The largest absolute Gasteiger partial charge is 0.447 e. The predicted octanol–water partition coefficient (Wildman–Crippen LogP) is 3.18. The average Bonchev–Trinajstić information content (AvgIpc) is 2.81. The maximum absolute atomic E-state index is 5.57. The van der Waals surface area contributed by atoms with Crippen molar-refractivity contribution in [3.8, 4) is 0 Å². The molecule has 5 heteroatoms. The first kappa shape index (κ1) is 11.9. The molecule has 0 aliphatic heterocycles. The molecule has 4 nitrogen and oxygen atoms in total. The van der Waals surface area contributed by atoms with Crippen molar-refractivity contribution in [2.24, 2.45) is 0 Å². The van der Waals surface area contributed by atoms with Crippen molar-refractivity contribution in [2.45, 2.75) is 26.2 Å². The monoisotopic (exact) mass is 249 g/mol. The summed E-state index contributed by atoms with van der Waals surface area (Å²) < 4.78 is 5.42. The Kier molecular flexibility index (Phi) is 3.02. The van der Waals surface area contributed by atoms with Crippen molar-refractivity contribution < 1.29 is 4.42 Å². The average molecular weight is 249 g/mol. The maximum atomic E-state index is 5.57. The summed E-state index contributed by atoms with van der Waals surface area (Å²) in [6.07, 6.45) is 5.26. The fourth-order valence-electron chi connectivity index (χ4n) is 1.48. The highest BCUT2D eigenvalue weighted by atomic mass is 32.1. The third-order valence-corrected chi connectivity index (χ3v) is 2.92. The Morgan fingerprint density at radius 3 is 2.71 bits per heavy atom. The molecule has 2 heterocycles. The zero-order chi connectivity index (χ0) is 12.5. The number of nitrogen functional groups attached to an aromatic ring is 1. The quantitative estimate of drug-likeness (QED) is 0.887. The summed E-state index contributed by atoms with van der Waals surface area (Å²) in [5.74, 6) is 0.872. The molecule has 2 N–H and O–H groups in total. The van der Waals surface area contributed by atoms with Gasteiger partial charge in [0.25, 0.3) is 0 Å². The van der Waals surface area contributed by atoms with Gasteiger partial charge in [-0.05, 0) is 12.2 Å². The number of nitrogens with zero attached hydrogens (tertiary/aromatic N) is 2. The minimum atomic E-state index is -0.0583. The van der Waals surface area contributed by atoms with Gasteiger partial charge in [-0.15, -0.1) is 11.3 Å². The molecule has 0 amide bonds. The summed E-state index contributed by atoms with van der Waals surface area (Å²) >= 11 is 1.42. The second kappa shape index (κ2) is 4.33. The highest BCUT2D eigenvalue weighted by molar-refractivity contribution is 7.13. The first-order valence-corrected chi connectivity index (χ1v) is 6.18. The van der Waals surface area contributed by atoms with Gasteiger partial charge in [0.1, 0.15) is 11.5 Å². The Morgan fingerprint density at radius 1 is 1.35 bits per heavy atom. The lowest BCUT2D eigenvalue weighted by atomic mass is 9.92. The molecule has 0 saturated heterocycles. The van der Waals surface area contributed by atoms with E-state index >= 15 is 0 Å². The topological polar surface area (TPSA) is 64.9 Å². The fraction of sp³-hybridized carbons (Fsp3) is 0.333. The number of rotatable bonds is 2. The molecular formula is C12H15N3OS. The molecule has 0 bridgehead atoms. The normalized spacial score (nSPS) is 12.4. The van der Waals surface area contributed by atoms with Crippen LogP contribution >= 0.6 is 11.3 Å². The van der Waals surface area contributed by atoms with Crippen molar-refractivity contribution in [3.63, 3.8) is 0 Å². The highest BCUT2D eigenvalue weighted by Crippen LogP contribution is 2.26. The molecule has 0 spiro atoms. The minimum Gasteiger partial charge on any atom is -0.447 e. The summed E-state index contributed by atoms with van der Waals surface area (Å²) in [4.78, 5) is 8.35. The van der Waals surface area contributed by atoms with Crippen molar-refractivity contribution in [1.29, 1.82) is 0 Å². The van der Waals surface area contributed by atoms with Crippen LogP contribution in [0.3, 0.4) is 0 Å². The van der Waals surface area contributed by atoms with Crippen LogP contribution in [0.5, 0.6) is 0 Å². The number of hydrogen-bond donors (Lipinski definition) is 1. The van der Waals surface area contributed by atoms with Crippen LogP contribution in [0.1, 0.15) is 37.9 Å². The van der Waals surface area contributed by atoms with Crippen molar-refractivity contribution in [3.05, 3.63) is 28.9 Å². The summed E-state index contributed by atoms with van der Waals surface area (Å²) in [5, 5.41) is 2.48. The highest BCUT2D eigenvalue weighted by Gasteiger charge is 2.21. The van der Waals surface area contributed by atoms with Crippen LogP contribution in [0.4, 0.5) is 5.13 Å². The Labute approximate surface area is 104 Å². The van der Waals surface area contributed by atoms with E-state index in [9.17, 15) is 0 Å². The zero-order valence-electron chi connectivity index (χ0n) is 10.1. The molecule has 0 aliphatic rings. The van der Waals surface area contributed by atoms with Crippen LogP contribution in [0, 0.1) is 0 Å². The second-order valence-electron chi connectivity index (χ2n) is 4.76. The molecule has 0 fully saturated rings. The molecule has 2 rings (SSSR count). The van der Waals surface area contributed by atoms with Gasteiger partial charge in [0, 0.05) is 10.8 Å². The zero-order valence-corrected chi connectivity index (χ0v) is 10.9. The number of anilines is 1. The van der Waals surface area contributed by atoms with E-state index in [0.29, 0.717) is 5.13 Å².